The van der Waals surface area contributed by atoms with Crippen LogP contribution in [-0.2, 0) is 0 Å². The molecular formula is C56H54B2O. The van der Waals surface area contributed by atoms with Gasteiger partial charge in [-0.2, -0.15) is 0 Å². The van der Waals surface area contributed by atoms with E-state index in [9.17, 15) is 0 Å². The van der Waals surface area contributed by atoms with Gasteiger partial charge in [-0.05, 0) is 123 Å². The summed E-state index contributed by atoms with van der Waals surface area (Å²) in [7, 11) is 0. The van der Waals surface area contributed by atoms with Gasteiger partial charge in [-0.25, -0.2) is 0 Å². The van der Waals surface area contributed by atoms with Crippen molar-refractivity contribution in [1.29, 1.82) is 0 Å². The molecule has 8 aromatic rings. The smallest absolute Gasteiger partial charge is 0.242 e. The van der Waals surface area contributed by atoms with Crippen molar-refractivity contribution in [2.75, 3.05) is 0 Å². The number of aryl methyl sites for hydroxylation is 12. The summed E-state index contributed by atoms with van der Waals surface area (Å²) in [6, 6.07) is 42.0. The highest BCUT2D eigenvalue weighted by molar-refractivity contribution is 6.97. The summed E-state index contributed by atoms with van der Waals surface area (Å²) >= 11 is 0. The van der Waals surface area contributed by atoms with E-state index in [0.29, 0.717) is 0 Å². The van der Waals surface area contributed by atoms with E-state index in [1.807, 2.05) is 0 Å². The molecular weight excluding hydrogens is 710 g/mol. The molecule has 0 unspecified atom stereocenters. The van der Waals surface area contributed by atoms with E-state index in [4.69, 9.17) is 4.74 Å². The third kappa shape index (κ3) is 6.51. The zero-order chi connectivity index (χ0) is 41.6. The van der Waals surface area contributed by atoms with Crippen LogP contribution < -0.4 is 37.5 Å². The van der Waals surface area contributed by atoms with Crippen molar-refractivity contribution in [2.24, 2.45) is 0 Å². The quantitative estimate of drug-likeness (QED) is 0.121. The van der Waals surface area contributed by atoms with E-state index in [-0.39, 0.29) is 13.4 Å². The molecule has 0 atom stereocenters. The van der Waals surface area contributed by atoms with Gasteiger partial charge in [0.2, 0.25) is 13.4 Å². The fourth-order valence-electron chi connectivity index (χ4n) is 11.4. The Morgan fingerprint density at radius 3 is 1.19 bits per heavy atom. The molecule has 0 aromatic heterocycles. The minimum absolute atomic E-state index is 0.0758. The summed E-state index contributed by atoms with van der Waals surface area (Å²) in [4.78, 5) is 0. The topological polar surface area (TPSA) is 9.23 Å². The SMILES string of the molecule is Cc1cc(C)c(B(c2ccc3c(c2)Oc2cccc4c2c-3cc2ccc(B(c3c(C)cc(C)cc3C)c3c(C)cc(C)cc3C)cc24)c2c(C)cc(C)cc2C)c(C)c1. The van der Waals surface area contributed by atoms with Crippen LogP contribution in [0.2, 0.25) is 0 Å². The second-order valence-corrected chi connectivity index (χ2v) is 18.1. The number of benzene rings is 8. The second kappa shape index (κ2) is 14.5. The molecule has 1 aliphatic heterocycles. The summed E-state index contributed by atoms with van der Waals surface area (Å²) in [5.41, 5.74) is 26.4. The first-order valence-electron chi connectivity index (χ1n) is 21.3. The molecule has 0 amide bonds. The van der Waals surface area contributed by atoms with E-state index < -0.39 is 0 Å². The Bertz CT molecular complexity index is 2850. The molecule has 0 fully saturated rings. The Hall–Kier alpha value is -5.79. The minimum Gasteiger partial charge on any atom is -0.456 e. The van der Waals surface area contributed by atoms with Crippen LogP contribution in [-0.4, -0.2) is 13.4 Å². The highest BCUT2D eigenvalue weighted by atomic mass is 16.5. The van der Waals surface area contributed by atoms with E-state index in [1.54, 1.807) is 0 Å². The van der Waals surface area contributed by atoms with Gasteiger partial charge < -0.3 is 4.74 Å². The Morgan fingerprint density at radius 1 is 0.339 bits per heavy atom. The van der Waals surface area contributed by atoms with Crippen molar-refractivity contribution in [3.05, 3.63) is 176 Å². The van der Waals surface area contributed by atoms with Gasteiger partial charge in [0, 0.05) is 10.9 Å². The fraction of sp³-hybridized carbons (Fsp3) is 0.214. The molecule has 0 saturated heterocycles. The monoisotopic (exact) mass is 764 g/mol. The summed E-state index contributed by atoms with van der Waals surface area (Å²) in [6.07, 6.45) is 0. The second-order valence-electron chi connectivity index (χ2n) is 18.1. The molecule has 0 spiro atoms. The Labute approximate surface area is 352 Å². The average Bonchev–Trinajstić information content (AvgIpc) is 3.15. The number of hydrogen-bond donors (Lipinski definition) is 0. The maximum absolute atomic E-state index is 7.02. The number of rotatable bonds is 6. The molecule has 1 aliphatic rings. The summed E-state index contributed by atoms with van der Waals surface area (Å²) < 4.78 is 7.02. The van der Waals surface area contributed by atoms with Gasteiger partial charge in [0.1, 0.15) is 11.5 Å². The van der Waals surface area contributed by atoms with Crippen LogP contribution in [0.4, 0.5) is 0 Å². The molecule has 0 saturated carbocycles. The lowest BCUT2D eigenvalue weighted by atomic mass is 9.34. The maximum Gasteiger partial charge on any atom is 0.242 e. The van der Waals surface area contributed by atoms with Crippen molar-refractivity contribution in [3.8, 4) is 22.6 Å². The van der Waals surface area contributed by atoms with Crippen LogP contribution in [0, 0.1) is 83.1 Å². The van der Waals surface area contributed by atoms with Crippen LogP contribution in [0.1, 0.15) is 66.8 Å². The molecule has 59 heavy (non-hydrogen) atoms. The van der Waals surface area contributed by atoms with E-state index in [0.717, 1.165) is 17.1 Å². The first kappa shape index (κ1) is 38.7. The predicted octanol–water partition coefficient (Wildman–Crippen LogP) is 10.5. The van der Waals surface area contributed by atoms with Crippen LogP contribution >= 0.6 is 0 Å². The van der Waals surface area contributed by atoms with E-state index in [2.05, 4.69) is 192 Å². The van der Waals surface area contributed by atoms with Gasteiger partial charge in [0.25, 0.3) is 0 Å². The van der Waals surface area contributed by atoms with Crippen molar-refractivity contribution in [3.63, 3.8) is 0 Å². The zero-order valence-corrected chi connectivity index (χ0v) is 37.0. The summed E-state index contributed by atoms with van der Waals surface area (Å²) in [6.45, 7) is 27.3. The van der Waals surface area contributed by atoms with Crippen molar-refractivity contribution >= 4 is 67.7 Å². The first-order chi connectivity index (χ1) is 28.2. The van der Waals surface area contributed by atoms with Crippen LogP contribution in [0.3, 0.4) is 0 Å². The van der Waals surface area contributed by atoms with Crippen LogP contribution in [0.5, 0.6) is 11.5 Å². The predicted molar refractivity (Wildman–Crippen MR) is 259 cm³/mol. The molecule has 0 bridgehead atoms. The van der Waals surface area contributed by atoms with Gasteiger partial charge in [0.15, 0.2) is 0 Å². The molecule has 0 aliphatic carbocycles. The van der Waals surface area contributed by atoms with Crippen LogP contribution in [0.25, 0.3) is 32.7 Å². The van der Waals surface area contributed by atoms with Gasteiger partial charge in [-0.15, -0.1) is 0 Å². The summed E-state index contributed by atoms with van der Waals surface area (Å²) in [5.74, 6) is 1.84. The van der Waals surface area contributed by atoms with Gasteiger partial charge in [-0.3, -0.25) is 0 Å². The highest BCUT2D eigenvalue weighted by Crippen LogP contribution is 2.48. The molecule has 1 nitrogen and oxygen atoms in total. The standard InChI is InChI=1S/C56H54B2O/c1-31-20-35(5)53(36(6)21-31)57(54-37(7)22-32(2)23-38(54)8)44-17-16-43-28-49-46-19-18-45(30-51(46)59-50-15-13-14-47(52(49)50)48(43)29-44)58(55-39(9)24-33(3)25-40(55)10)56-41(11)26-34(4)27-42(56)12/h13-30H,1-12H3. The Balaban J connectivity index is 1.23. The van der Waals surface area contributed by atoms with Crippen molar-refractivity contribution < 1.29 is 4.74 Å². The third-order valence-corrected chi connectivity index (χ3v) is 13.3. The van der Waals surface area contributed by atoms with E-state index in [1.165, 1.54) is 127 Å². The third-order valence-electron chi connectivity index (χ3n) is 13.3. The molecule has 0 radical (unpaired) electrons. The molecule has 1 heterocycles. The van der Waals surface area contributed by atoms with Crippen LogP contribution in [0.15, 0.2) is 109 Å². The van der Waals surface area contributed by atoms with Crippen molar-refractivity contribution in [2.45, 2.75) is 83.1 Å². The summed E-state index contributed by atoms with van der Waals surface area (Å²) in [5, 5.41) is 4.92. The molecule has 0 N–H and O–H groups in total. The molecule has 3 heteroatoms. The lowest BCUT2D eigenvalue weighted by Gasteiger charge is -2.27. The number of ether oxygens (including phenoxy) is 1. The maximum atomic E-state index is 7.02. The van der Waals surface area contributed by atoms with E-state index >= 15 is 0 Å². The fourth-order valence-corrected chi connectivity index (χ4v) is 11.4. The number of hydrogen-bond acceptors (Lipinski definition) is 1. The highest BCUT2D eigenvalue weighted by Gasteiger charge is 2.32. The molecule has 8 aromatic carbocycles. The van der Waals surface area contributed by atoms with Gasteiger partial charge in [0.05, 0.1) is 0 Å². The first-order valence-corrected chi connectivity index (χ1v) is 21.3. The zero-order valence-electron chi connectivity index (χ0n) is 37.0. The Morgan fingerprint density at radius 2 is 0.746 bits per heavy atom. The lowest BCUT2D eigenvalue weighted by molar-refractivity contribution is 0.487. The lowest BCUT2D eigenvalue weighted by Crippen LogP contribution is -2.55. The van der Waals surface area contributed by atoms with Gasteiger partial charge in [-0.1, -0.05) is 191 Å². The molecule has 9 rings (SSSR count). The molecule has 290 valence electrons. The normalized spacial score (nSPS) is 11.9. The minimum atomic E-state index is 0.0758. The Kier molecular flexibility index (Phi) is 9.51. The number of fused-ring (bicyclic) bond motifs is 4. The average molecular weight is 765 g/mol. The van der Waals surface area contributed by atoms with Gasteiger partial charge >= 0.3 is 0 Å². The largest absolute Gasteiger partial charge is 0.456 e. The van der Waals surface area contributed by atoms with Crippen molar-refractivity contribution in [1.82, 2.24) is 0 Å².